The number of nitrogens with zero attached hydrogens (tertiary/aromatic N) is 2. The summed E-state index contributed by atoms with van der Waals surface area (Å²) in [5.41, 5.74) is 3.12. The van der Waals surface area contributed by atoms with E-state index in [0.717, 1.165) is 30.3 Å². The zero-order valence-corrected chi connectivity index (χ0v) is 9.03. The second-order valence-electron chi connectivity index (χ2n) is 3.73. The average Bonchev–Trinajstić information content (AvgIpc) is 2.56. The number of rotatable bonds is 3. The molecule has 15 heavy (non-hydrogen) atoms. The summed E-state index contributed by atoms with van der Waals surface area (Å²) in [5, 5.41) is 0. The Morgan fingerprint density at radius 3 is 2.93 bits per heavy atom. The predicted molar refractivity (Wildman–Crippen MR) is 60.1 cm³/mol. The molecule has 0 amide bonds. The summed E-state index contributed by atoms with van der Waals surface area (Å²) in [4.78, 5) is 15.2. The topological polar surface area (TPSA) is 34.9 Å². The van der Waals surface area contributed by atoms with Crippen molar-refractivity contribution in [2.75, 3.05) is 0 Å². The van der Waals surface area contributed by atoms with Crippen LogP contribution < -0.4 is 0 Å². The molecule has 0 bridgehead atoms. The second-order valence-corrected chi connectivity index (χ2v) is 3.73. The van der Waals surface area contributed by atoms with Gasteiger partial charge in [-0.25, -0.2) is 4.98 Å². The van der Waals surface area contributed by atoms with Crippen LogP contribution in [0.4, 0.5) is 0 Å². The lowest BCUT2D eigenvalue weighted by Crippen LogP contribution is -2.01. The zero-order chi connectivity index (χ0) is 10.8. The molecule has 78 valence electrons. The number of carbonyl (C=O) groups excluding carboxylic acids is 1. The lowest BCUT2D eigenvalue weighted by Gasteiger charge is -2.03. The molecule has 1 aromatic heterocycles. The van der Waals surface area contributed by atoms with Crippen LogP contribution >= 0.6 is 0 Å². The van der Waals surface area contributed by atoms with E-state index in [2.05, 4.69) is 11.9 Å². The molecule has 0 saturated carbocycles. The second kappa shape index (κ2) is 3.85. The monoisotopic (exact) mass is 202 g/mol. The Morgan fingerprint density at radius 1 is 1.47 bits per heavy atom. The molecule has 3 heteroatoms. The van der Waals surface area contributed by atoms with Crippen LogP contribution in [0.3, 0.4) is 0 Å². The van der Waals surface area contributed by atoms with Crippen LogP contribution in [0.1, 0.15) is 29.5 Å². The quantitative estimate of drug-likeness (QED) is 0.717. The number of fused-ring (bicyclic) bond motifs is 1. The molecular formula is C12H14N2O. The van der Waals surface area contributed by atoms with Gasteiger partial charge < -0.3 is 4.57 Å². The molecule has 0 unspecified atom stereocenters. The summed E-state index contributed by atoms with van der Waals surface area (Å²) in [5.74, 6) is 0.525. The molecular weight excluding hydrogens is 188 g/mol. The Bertz CT molecular complexity index is 500. The molecule has 0 N–H and O–H groups in total. The van der Waals surface area contributed by atoms with E-state index >= 15 is 0 Å². The van der Waals surface area contributed by atoms with Gasteiger partial charge in [-0.3, -0.25) is 4.79 Å². The fourth-order valence-electron chi connectivity index (χ4n) is 1.81. The van der Waals surface area contributed by atoms with Crippen molar-refractivity contribution in [3.8, 4) is 0 Å². The molecule has 0 aliphatic rings. The first-order chi connectivity index (χ1) is 7.26. The first kappa shape index (κ1) is 9.90. The third kappa shape index (κ3) is 1.65. The first-order valence-electron chi connectivity index (χ1n) is 5.18. The Balaban J connectivity index is 2.68. The lowest BCUT2D eigenvalue weighted by molar-refractivity contribution is 0.111. The predicted octanol–water partition coefficient (Wildman–Crippen LogP) is 2.57. The fourth-order valence-corrected chi connectivity index (χ4v) is 1.81. The van der Waals surface area contributed by atoms with Gasteiger partial charge in [-0.2, -0.15) is 0 Å². The lowest BCUT2D eigenvalue weighted by atomic mass is 10.2. The molecule has 0 aliphatic heterocycles. The molecule has 3 nitrogen and oxygen atoms in total. The summed E-state index contributed by atoms with van der Waals surface area (Å²) >= 11 is 0. The van der Waals surface area contributed by atoms with E-state index in [9.17, 15) is 4.79 Å². The van der Waals surface area contributed by atoms with Crippen molar-refractivity contribution in [3.05, 3.63) is 29.6 Å². The highest BCUT2D eigenvalue weighted by Gasteiger charge is 2.08. The maximum absolute atomic E-state index is 10.9. The number of carbonyl (C=O) groups is 1. The summed E-state index contributed by atoms with van der Waals surface area (Å²) in [7, 11) is 0. The smallest absolute Gasteiger partial charge is 0.185 e. The van der Waals surface area contributed by atoms with E-state index in [1.54, 1.807) is 0 Å². The molecule has 1 aromatic carbocycles. The van der Waals surface area contributed by atoms with Crippen LogP contribution in [-0.4, -0.2) is 15.8 Å². The molecule has 0 radical (unpaired) electrons. The molecule has 2 aromatic rings. The van der Waals surface area contributed by atoms with Gasteiger partial charge in [0.2, 0.25) is 0 Å². The number of aromatic nitrogens is 2. The molecule has 0 atom stereocenters. The van der Waals surface area contributed by atoms with E-state index in [1.165, 1.54) is 5.56 Å². The summed E-state index contributed by atoms with van der Waals surface area (Å²) < 4.78 is 1.97. The van der Waals surface area contributed by atoms with Crippen molar-refractivity contribution >= 4 is 17.3 Å². The molecule has 0 saturated heterocycles. The van der Waals surface area contributed by atoms with E-state index in [4.69, 9.17) is 0 Å². The van der Waals surface area contributed by atoms with Crippen molar-refractivity contribution in [3.63, 3.8) is 0 Å². The minimum atomic E-state index is 0.525. The molecule has 0 fully saturated rings. The molecule has 2 rings (SSSR count). The highest BCUT2D eigenvalue weighted by Crippen LogP contribution is 2.17. The first-order valence-corrected chi connectivity index (χ1v) is 5.18. The van der Waals surface area contributed by atoms with E-state index in [1.807, 2.05) is 29.7 Å². The Hall–Kier alpha value is -1.64. The molecule has 1 heterocycles. The minimum Gasteiger partial charge on any atom is -0.322 e. The van der Waals surface area contributed by atoms with Crippen molar-refractivity contribution in [2.24, 2.45) is 0 Å². The van der Waals surface area contributed by atoms with Crippen molar-refractivity contribution in [2.45, 2.75) is 26.8 Å². The van der Waals surface area contributed by atoms with Crippen LogP contribution in [0.25, 0.3) is 11.0 Å². The van der Waals surface area contributed by atoms with Crippen molar-refractivity contribution < 1.29 is 4.79 Å². The molecule has 0 spiro atoms. The maximum atomic E-state index is 10.9. The van der Waals surface area contributed by atoms with Gasteiger partial charge in [-0.15, -0.1) is 0 Å². The number of aryl methyl sites for hydroxylation is 2. The number of aldehydes is 1. The number of imidazole rings is 1. The van der Waals surface area contributed by atoms with Gasteiger partial charge in [-0.05, 0) is 31.0 Å². The highest BCUT2D eigenvalue weighted by molar-refractivity contribution is 5.83. The zero-order valence-electron chi connectivity index (χ0n) is 9.03. The highest BCUT2D eigenvalue weighted by atomic mass is 16.1. The summed E-state index contributed by atoms with van der Waals surface area (Å²) in [6, 6.07) is 6.08. The van der Waals surface area contributed by atoms with Gasteiger partial charge in [0.25, 0.3) is 0 Å². The van der Waals surface area contributed by atoms with E-state index in [0.29, 0.717) is 5.82 Å². The number of hydrogen-bond acceptors (Lipinski definition) is 2. The van der Waals surface area contributed by atoms with Gasteiger partial charge in [0.15, 0.2) is 12.1 Å². The van der Waals surface area contributed by atoms with Crippen LogP contribution in [0, 0.1) is 6.92 Å². The van der Waals surface area contributed by atoms with Crippen LogP contribution in [0.15, 0.2) is 18.2 Å². The normalized spacial score (nSPS) is 10.8. The fraction of sp³-hybridized carbons (Fsp3) is 0.333. The molecule has 0 aliphatic carbocycles. The standard InChI is InChI=1S/C12H14N2O/c1-3-6-14-11-5-4-9(2)7-10(11)13-12(14)8-15/h4-5,7-8H,3,6H2,1-2H3. The number of hydrogen-bond donors (Lipinski definition) is 0. The van der Waals surface area contributed by atoms with Gasteiger partial charge >= 0.3 is 0 Å². The Labute approximate surface area is 88.7 Å². The van der Waals surface area contributed by atoms with Gasteiger partial charge in [0.1, 0.15) is 0 Å². The van der Waals surface area contributed by atoms with Crippen LogP contribution in [0.2, 0.25) is 0 Å². The Kier molecular flexibility index (Phi) is 2.54. The van der Waals surface area contributed by atoms with Gasteiger partial charge in [0, 0.05) is 6.54 Å². The third-order valence-electron chi connectivity index (χ3n) is 2.49. The largest absolute Gasteiger partial charge is 0.322 e. The summed E-state index contributed by atoms with van der Waals surface area (Å²) in [6.07, 6.45) is 1.82. The Morgan fingerprint density at radius 2 is 2.27 bits per heavy atom. The average molecular weight is 202 g/mol. The van der Waals surface area contributed by atoms with E-state index in [-0.39, 0.29) is 0 Å². The van der Waals surface area contributed by atoms with Crippen LogP contribution in [-0.2, 0) is 6.54 Å². The third-order valence-corrected chi connectivity index (χ3v) is 2.49. The SMILES string of the molecule is CCCn1c(C=O)nc2cc(C)ccc21. The summed E-state index contributed by atoms with van der Waals surface area (Å²) in [6.45, 7) is 4.96. The van der Waals surface area contributed by atoms with Gasteiger partial charge in [0.05, 0.1) is 11.0 Å². The van der Waals surface area contributed by atoms with Crippen LogP contribution in [0.5, 0.6) is 0 Å². The van der Waals surface area contributed by atoms with Gasteiger partial charge in [-0.1, -0.05) is 13.0 Å². The van der Waals surface area contributed by atoms with Crippen molar-refractivity contribution in [1.29, 1.82) is 0 Å². The minimum absolute atomic E-state index is 0.525. The van der Waals surface area contributed by atoms with Crippen molar-refractivity contribution in [1.82, 2.24) is 9.55 Å². The van der Waals surface area contributed by atoms with E-state index < -0.39 is 0 Å². The number of benzene rings is 1. The maximum Gasteiger partial charge on any atom is 0.185 e.